The lowest BCUT2D eigenvalue weighted by atomic mass is 9.78. The van der Waals surface area contributed by atoms with Crippen LogP contribution in [0.15, 0.2) is 30.3 Å². The summed E-state index contributed by atoms with van der Waals surface area (Å²) in [5, 5.41) is 10.9. The Labute approximate surface area is 150 Å². The number of aromatic nitrogens is 2. The highest BCUT2D eigenvalue weighted by molar-refractivity contribution is 5.80. The van der Waals surface area contributed by atoms with E-state index in [9.17, 15) is 5.11 Å². The van der Waals surface area contributed by atoms with Crippen LogP contribution in [-0.2, 0) is 10.8 Å². The van der Waals surface area contributed by atoms with Crippen molar-refractivity contribution < 1.29 is 5.11 Å². The molecule has 25 heavy (non-hydrogen) atoms. The van der Waals surface area contributed by atoms with E-state index in [-0.39, 0.29) is 10.8 Å². The van der Waals surface area contributed by atoms with E-state index >= 15 is 0 Å². The summed E-state index contributed by atoms with van der Waals surface area (Å²) in [4.78, 5) is 8.20. The van der Waals surface area contributed by atoms with E-state index in [1.54, 1.807) is 0 Å². The Morgan fingerprint density at radius 1 is 0.880 bits per heavy atom. The maximum atomic E-state index is 10.9. The van der Waals surface area contributed by atoms with E-state index in [1.165, 1.54) is 5.56 Å². The van der Waals surface area contributed by atoms with Gasteiger partial charge in [-0.15, -0.1) is 0 Å². The lowest BCUT2D eigenvalue weighted by molar-refractivity contribution is 0.423. The van der Waals surface area contributed by atoms with Gasteiger partial charge in [0.05, 0.1) is 11.0 Å². The number of fused-ring (bicyclic) bond motifs is 1. The molecule has 1 aromatic heterocycles. The van der Waals surface area contributed by atoms with Gasteiger partial charge in [0.15, 0.2) is 0 Å². The summed E-state index contributed by atoms with van der Waals surface area (Å²) in [7, 11) is 0. The number of hydrogen-bond donors (Lipinski definition) is 2. The largest absolute Gasteiger partial charge is 0.507 e. The molecular weight excluding hydrogens is 308 g/mol. The molecule has 3 nitrogen and oxygen atoms in total. The predicted octanol–water partition coefficient (Wildman–Crippen LogP) is 5.84. The van der Waals surface area contributed by atoms with Gasteiger partial charge in [0.25, 0.3) is 0 Å². The molecule has 3 aromatic rings. The topological polar surface area (TPSA) is 48.9 Å². The number of nitrogens with zero attached hydrogens (tertiary/aromatic N) is 1. The van der Waals surface area contributed by atoms with Gasteiger partial charge in [-0.2, -0.15) is 0 Å². The number of hydrogen-bond acceptors (Lipinski definition) is 2. The molecule has 0 spiro atoms. The van der Waals surface area contributed by atoms with Crippen LogP contribution >= 0.6 is 0 Å². The Morgan fingerprint density at radius 3 is 1.96 bits per heavy atom. The molecule has 3 heteroatoms. The SMILES string of the molecule is Cc1ccc2nc(-c3cc(C(C)(C)C)c(O)c(C(C)(C)C)c3)[nH]c2c1. The van der Waals surface area contributed by atoms with Crippen LogP contribution in [0.3, 0.4) is 0 Å². The number of phenolic OH excluding ortho intramolecular Hbond substituents is 1. The summed E-state index contributed by atoms with van der Waals surface area (Å²) in [5.74, 6) is 1.24. The number of H-pyrrole nitrogens is 1. The maximum Gasteiger partial charge on any atom is 0.138 e. The third-order valence-corrected chi connectivity index (χ3v) is 4.64. The van der Waals surface area contributed by atoms with Crippen LogP contribution < -0.4 is 0 Å². The third-order valence-electron chi connectivity index (χ3n) is 4.64. The molecule has 0 amide bonds. The normalized spacial score (nSPS) is 12.8. The molecule has 0 fully saturated rings. The second-order valence-electron chi connectivity index (χ2n) is 9.03. The van der Waals surface area contributed by atoms with E-state index in [4.69, 9.17) is 4.98 Å². The summed E-state index contributed by atoms with van der Waals surface area (Å²) in [6.45, 7) is 14.8. The van der Waals surface area contributed by atoms with Crippen molar-refractivity contribution in [3.63, 3.8) is 0 Å². The minimum absolute atomic E-state index is 0.150. The fourth-order valence-corrected chi connectivity index (χ4v) is 3.17. The average Bonchev–Trinajstić information content (AvgIpc) is 2.87. The average molecular weight is 336 g/mol. The van der Waals surface area contributed by atoms with Gasteiger partial charge in [0, 0.05) is 16.7 Å². The van der Waals surface area contributed by atoms with Gasteiger partial charge in [-0.3, -0.25) is 0 Å². The van der Waals surface area contributed by atoms with E-state index in [2.05, 4.69) is 77.7 Å². The molecule has 0 saturated carbocycles. The Kier molecular flexibility index (Phi) is 3.94. The quantitative estimate of drug-likeness (QED) is 0.586. The summed E-state index contributed by atoms with van der Waals surface area (Å²) in [5.41, 5.74) is 5.82. The Bertz CT molecular complexity index is 902. The van der Waals surface area contributed by atoms with Crippen LogP contribution in [0.25, 0.3) is 22.4 Å². The molecule has 0 atom stereocenters. The molecule has 0 unspecified atom stereocenters. The summed E-state index contributed by atoms with van der Waals surface area (Å²) in [6.07, 6.45) is 0. The first-order valence-electron chi connectivity index (χ1n) is 8.81. The second-order valence-corrected chi connectivity index (χ2v) is 9.03. The number of aromatic hydroxyl groups is 1. The predicted molar refractivity (Wildman–Crippen MR) is 105 cm³/mol. The number of benzene rings is 2. The first-order valence-corrected chi connectivity index (χ1v) is 8.81. The fourth-order valence-electron chi connectivity index (χ4n) is 3.17. The zero-order chi connectivity index (χ0) is 18.6. The highest BCUT2D eigenvalue weighted by atomic mass is 16.3. The molecule has 2 aromatic carbocycles. The Balaban J connectivity index is 2.27. The van der Waals surface area contributed by atoms with E-state index in [1.807, 2.05) is 6.07 Å². The third kappa shape index (κ3) is 3.28. The van der Waals surface area contributed by atoms with Crippen LogP contribution in [0.5, 0.6) is 5.75 Å². The zero-order valence-electron chi connectivity index (χ0n) is 16.3. The van der Waals surface area contributed by atoms with Crippen molar-refractivity contribution in [1.29, 1.82) is 0 Å². The van der Waals surface area contributed by atoms with Crippen molar-refractivity contribution in [2.24, 2.45) is 0 Å². The molecule has 3 rings (SSSR count). The molecule has 1 heterocycles. The highest BCUT2D eigenvalue weighted by Crippen LogP contribution is 2.41. The van der Waals surface area contributed by atoms with E-state index in [0.717, 1.165) is 33.5 Å². The lowest BCUT2D eigenvalue weighted by Crippen LogP contribution is -2.17. The zero-order valence-corrected chi connectivity index (χ0v) is 16.3. The van der Waals surface area contributed by atoms with Crippen LogP contribution in [0.4, 0.5) is 0 Å². The lowest BCUT2D eigenvalue weighted by Gasteiger charge is -2.28. The monoisotopic (exact) mass is 336 g/mol. The maximum absolute atomic E-state index is 10.9. The molecule has 0 saturated heterocycles. The van der Waals surface area contributed by atoms with Crippen molar-refractivity contribution in [1.82, 2.24) is 9.97 Å². The first-order chi connectivity index (χ1) is 11.5. The second kappa shape index (κ2) is 5.62. The van der Waals surface area contributed by atoms with E-state index < -0.39 is 0 Å². The smallest absolute Gasteiger partial charge is 0.138 e. The van der Waals surface area contributed by atoms with Crippen molar-refractivity contribution in [3.05, 3.63) is 47.0 Å². The number of imidazole rings is 1. The number of aromatic amines is 1. The van der Waals surface area contributed by atoms with Gasteiger partial charge in [-0.1, -0.05) is 47.6 Å². The minimum atomic E-state index is -0.150. The van der Waals surface area contributed by atoms with Gasteiger partial charge < -0.3 is 10.1 Å². The summed E-state index contributed by atoms with van der Waals surface area (Å²) < 4.78 is 0. The number of nitrogens with one attached hydrogen (secondary N) is 1. The van der Waals surface area contributed by atoms with Crippen LogP contribution in [0.2, 0.25) is 0 Å². The molecule has 0 aliphatic heterocycles. The number of rotatable bonds is 1. The standard InChI is InChI=1S/C22H28N2O/c1-13-8-9-17-18(10-13)24-20(23-17)14-11-15(21(2,3)4)19(25)16(12-14)22(5,6)7/h8-12,25H,1-7H3,(H,23,24). The summed E-state index contributed by atoms with van der Waals surface area (Å²) in [6, 6.07) is 10.4. The molecular formula is C22H28N2O. The van der Waals surface area contributed by atoms with Crippen molar-refractivity contribution in [2.75, 3.05) is 0 Å². The molecule has 0 aliphatic carbocycles. The van der Waals surface area contributed by atoms with Crippen molar-refractivity contribution in [2.45, 2.75) is 59.3 Å². The van der Waals surface area contributed by atoms with Crippen LogP contribution in [0, 0.1) is 6.92 Å². The van der Waals surface area contributed by atoms with Crippen molar-refractivity contribution in [3.8, 4) is 17.1 Å². The molecule has 2 N–H and O–H groups in total. The minimum Gasteiger partial charge on any atom is -0.507 e. The van der Waals surface area contributed by atoms with Crippen molar-refractivity contribution >= 4 is 11.0 Å². The first kappa shape index (κ1) is 17.5. The van der Waals surface area contributed by atoms with Gasteiger partial charge in [0.2, 0.25) is 0 Å². The van der Waals surface area contributed by atoms with Gasteiger partial charge in [-0.05, 0) is 47.6 Å². The molecule has 0 aliphatic rings. The van der Waals surface area contributed by atoms with Gasteiger partial charge in [-0.25, -0.2) is 4.98 Å². The summed E-state index contributed by atoms with van der Waals surface area (Å²) >= 11 is 0. The molecule has 132 valence electrons. The Hall–Kier alpha value is -2.29. The molecule has 0 bridgehead atoms. The number of aryl methyl sites for hydroxylation is 1. The van der Waals surface area contributed by atoms with Crippen LogP contribution in [-0.4, -0.2) is 15.1 Å². The highest BCUT2D eigenvalue weighted by Gasteiger charge is 2.27. The Morgan fingerprint density at radius 2 is 1.44 bits per heavy atom. The fraction of sp³-hybridized carbons (Fsp3) is 0.409. The van der Waals surface area contributed by atoms with Gasteiger partial charge in [0.1, 0.15) is 11.6 Å². The van der Waals surface area contributed by atoms with Gasteiger partial charge >= 0.3 is 0 Å². The number of phenols is 1. The van der Waals surface area contributed by atoms with Crippen LogP contribution in [0.1, 0.15) is 58.2 Å². The molecule has 0 radical (unpaired) electrons. The van der Waals surface area contributed by atoms with E-state index in [0.29, 0.717) is 5.75 Å².